The number of rotatable bonds is 3. The molecule has 0 unspecified atom stereocenters. The molecule has 1 fully saturated rings. The fourth-order valence-electron chi connectivity index (χ4n) is 1.47. The maximum Gasteiger partial charge on any atom is 0.255 e. The Balaban J connectivity index is 2.05. The first kappa shape index (κ1) is 11.5. The minimum Gasteiger partial charge on any atom is -0.507 e. The van der Waals surface area contributed by atoms with Gasteiger partial charge in [0, 0.05) is 11.0 Å². The van der Waals surface area contributed by atoms with Crippen LogP contribution in [-0.4, -0.2) is 17.6 Å². The standard InChI is InChI=1S/C12H14BrNO2/c1-12(4-5-12)7-14-11(16)9-6-8(13)2-3-10(9)15/h2-3,6,15H,4-5,7H2,1H3,(H,14,16). The molecule has 2 N–H and O–H groups in total. The molecule has 1 aliphatic carbocycles. The smallest absolute Gasteiger partial charge is 0.255 e. The summed E-state index contributed by atoms with van der Waals surface area (Å²) in [6, 6.07) is 4.84. The molecule has 0 atom stereocenters. The highest BCUT2D eigenvalue weighted by atomic mass is 79.9. The molecule has 3 nitrogen and oxygen atoms in total. The molecule has 86 valence electrons. The minimum absolute atomic E-state index is 0.0154. The largest absolute Gasteiger partial charge is 0.507 e. The van der Waals surface area contributed by atoms with Crippen LogP contribution in [0.5, 0.6) is 5.75 Å². The van der Waals surface area contributed by atoms with Gasteiger partial charge in [-0.05, 0) is 36.5 Å². The van der Waals surface area contributed by atoms with Crippen LogP contribution in [0, 0.1) is 5.41 Å². The van der Waals surface area contributed by atoms with E-state index >= 15 is 0 Å². The summed E-state index contributed by atoms with van der Waals surface area (Å²) >= 11 is 3.28. The van der Waals surface area contributed by atoms with Gasteiger partial charge in [-0.1, -0.05) is 22.9 Å². The Labute approximate surface area is 103 Å². The van der Waals surface area contributed by atoms with Crippen LogP contribution >= 0.6 is 15.9 Å². The van der Waals surface area contributed by atoms with Gasteiger partial charge >= 0.3 is 0 Å². The number of carbonyl (C=O) groups is 1. The molecule has 1 saturated carbocycles. The number of carbonyl (C=O) groups excluding carboxylic acids is 1. The summed E-state index contributed by atoms with van der Waals surface area (Å²) in [7, 11) is 0. The van der Waals surface area contributed by atoms with E-state index < -0.39 is 0 Å². The van der Waals surface area contributed by atoms with E-state index in [0.29, 0.717) is 12.1 Å². The Bertz CT molecular complexity index is 427. The fourth-order valence-corrected chi connectivity index (χ4v) is 1.83. The number of halogens is 1. The second-order valence-electron chi connectivity index (χ2n) is 4.65. The van der Waals surface area contributed by atoms with Gasteiger partial charge in [0.25, 0.3) is 5.91 Å². The second kappa shape index (κ2) is 4.09. The van der Waals surface area contributed by atoms with Crippen LogP contribution in [0.25, 0.3) is 0 Å². The van der Waals surface area contributed by atoms with Crippen LogP contribution in [-0.2, 0) is 0 Å². The van der Waals surface area contributed by atoms with Crippen molar-refractivity contribution < 1.29 is 9.90 Å². The van der Waals surface area contributed by atoms with Crippen LogP contribution in [0.3, 0.4) is 0 Å². The second-order valence-corrected chi connectivity index (χ2v) is 5.57. The molecule has 0 saturated heterocycles. The van der Waals surface area contributed by atoms with Crippen LogP contribution in [0.15, 0.2) is 22.7 Å². The van der Waals surface area contributed by atoms with Crippen molar-refractivity contribution in [1.82, 2.24) is 5.32 Å². The third-order valence-corrected chi connectivity index (χ3v) is 3.48. The number of phenols is 1. The van der Waals surface area contributed by atoms with Gasteiger partial charge in [-0.25, -0.2) is 0 Å². The van der Waals surface area contributed by atoms with Crippen molar-refractivity contribution in [3.63, 3.8) is 0 Å². The molecular formula is C12H14BrNO2. The van der Waals surface area contributed by atoms with Crippen molar-refractivity contribution in [2.24, 2.45) is 5.41 Å². The number of hydrogen-bond acceptors (Lipinski definition) is 2. The molecule has 1 aliphatic rings. The Hall–Kier alpha value is -1.03. The molecule has 0 heterocycles. The zero-order valence-electron chi connectivity index (χ0n) is 9.09. The molecule has 1 aromatic carbocycles. The molecule has 0 spiro atoms. The summed E-state index contributed by atoms with van der Waals surface area (Å²) in [6.45, 7) is 2.83. The lowest BCUT2D eigenvalue weighted by molar-refractivity contribution is 0.0943. The Morgan fingerprint density at radius 2 is 2.25 bits per heavy atom. The maximum atomic E-state index is 11.8. The van der Waals surface area contributed by atoms with Gasteiger partial charge in [-0.3, -0.25) is 4.79 Å². The van der Waals surface area contributed by atoms with Gasteiger partial charge in [-0.2, -0.15) is 0 Å². The van der Waals surface area contributed by atoms with E-state index in [1.807, 2.05) is 0 Å². The van der Waals surface area contributed by atoms with Crippen molar-refractivity contribution in [2.45, 2.75) is 19.8 Å². The first-order valence-electron chi connectivity index (χ1n) is 5.27. The number of aromatic hydroxyl groups is 1. The van der Waals surface area contributed by atoms with Gasteiger partial charge in [0.1, 0.15) is 5.75 Å². The summed E-state index contributed by atoms with van der Waals surface area (Å²) < 4.78 is 0.785. The third kappa shape index (κ3) is 2.55. The van der Waals surface area contributed by atoms with Crippen LogP contribution < -0.4 is 5.32 Å². The van der Waals surface area contributed by atoms with Crippen molar-refractivity contribution in [3.05, 3.63) is 28.2 Å². The lowest BCUT2D eigenvalue weighted by atomic mass is 10.1. The number of hydrogen-bond donors (Lipinski definition) is 2. The summed E-state index contributed by atoms with van der Waals surface area (Å²) in [6.07, 6.45) is 2.33. The normalized spacial score (nSPS) is 16.9. The fraction of sp³-hybridized carbons (Fsp3) is 0.417. The predicted molar refractivity (Wildman–Crippen MR) is 65.5 cm³/mol. The van der Waals surface area contributed by atoms with E-state index in [1.165, 1.54) is 6.07 Å². The summed E-state index contributed by atoms with van der Waals surface area (Å²) in [4.78, 5) is 11.8. The quantitative estimate of drug-likeness (QED) is 0.896. The number of phenolic OH excluding ortho intramolecular Hbond substituents is 1. The van der Waals surface area contributed by atoms with Gasteiger partial charge < -0.3 is 10.4 Å². The molecule has 0 aliphatic heterocycles. The Morgan fingerprint density at radius 1 is 1.56 bits per heavy atom. The van der Waals surface area contributed by atoms with E-state index in [2.05, 4.69) is 28.2 Å². The maximum absolute atomic E-state index is 11.8. The Morgan fingerprint density at radius 3 is 2.88 bits per heavy atom. The number of nitrogens with one attached hydrogen (secondary N) is 1. The van der Waals surface area contributed by atoms with Crippen molar-refractivity contribution in [3.8, 4) is 5.75 Å². The van der Waals surface area contributed by atoms with Crippen molar-refractivity contribution in [2.75, 3.05) is 6.54 Å². The molecule has 0 bridgehead atoms. The van der Waals surface area contributed by atoms with Crippen molar-refractivity contribution in [1.29, 1.82) is 0 Å². The van der Waals surface area contributed by atoms with Crippen LogP contribution in [0.2, 0.25) is 0 Å². The van der Waals surface area contributed by atoms with Crippen LogP contribution in [0.1, 0.15) is 30.1 Å². The molecule has 0 aromatic heterocycles. The lowest BCUT2D eigenvalue weighted by Crippen LogP contribution is -2.29. The number of amides is 1. The molecule has 16 heavy (non-hydrogen) atoms. The van der Waals surface area contributed by atoms with E-state index in [4.69, 9.17) is 0 Å². The average molecular weight is 284 g/mol. The van der Waals surface area contributed by atoms with Crippen LogP contribution in [0.4, 0.5) is 0 Å². The zero-order valence-corrected chi connectivity index (χ0v) is 10.7. The molecule has 0 radical (unpaired) electrons. The SMILES string of the molecule is CC1(CNC(=O)c2cc(Br)ccc2O)CC1. The molecule has 2 rings (SSSR count). The first-order valence-corrected chi connectivity index (χ1v) is 6.06. The van der Waals surface area contributed by atoms with Gasteiger partial charge in [0.2, 0.25) is 0 Å². The summed E-state index contributed by atoms with van der Waals surface area (Å²) in [5.74, 6) is -0.200. The highest BCUT2D eigenvalue weighted by Gasteiger charge is 2.37. The highest BCUT2D eigenvalue weighted by molar-refractivity contribution is 9.10. The predicted octanol–water partition coefficient (Wildman–Crippen LogP) is 2.68. The van der Waals surface area contributed by atoms with E-state index in [1.54, 1.807) is 12.1 Å². The van der Waals surface area contributed by atoms with E-state index in [0.717, 1.165) is 17.3 Å². The highest BCUT2D eigenvalue weighted by Crippen LogP contribution is 2.44. The first-order chi connectivity index (χ1) is 7.50. The molecule has 1 amide bonds. The third-order valence-electron chi connectivity index (χ3n) is 2.98. The average Bonchev–Trinajstić information content (AvgIpc) is 2.97. The summed E-state index contributed by atoms with van der Waals surface area (Å²) in [5.41, 5.74) is 0.593. The van der Waals surface area contributed by atoms with Crippen molar-refractivity contribution >= 4 is 21.8 Å². The topological polar surface area (TPSA) is 49.3 Å². The zero-order chi connectivity index (χ0) is 11.8. The van der Waals surface area contributed by atoms with Gasteiger partial charge in [-0.15, -0.1) is 0 Å². The lowest BCUT2D eigenvalue weighted by Gasteiger charge is -2.11. The monoisotopic (exact) mass is 283 g/mol. The minimum atomic E-state index is -0.216. The number of benzene rings is 1. The van der Waals surface area contributed by atoms with Gasteiger partial charge in [0.05, 0.1) is 5.56 Å². The molecular weight excluding hydrogens is 270 g/mol. The molecule has 4 heteroatoms. The molecule has 1 aromatic rings. The summed E-state index contributed by atoms with van der Waals surface area (Å²) in [5, 5.41) is 12.4. The van der Waals surface area contributed by atoms with E-state index in [-0.39, 0.29) is 17.1 Å². The van der Waals surface area contributed by atoms with Gasteiger partial charge in [0.15, 0.2) is 0 Å². The van der Waals surface area contributed by atoms with E-state index in [9.17, 15) is 9.90 Å². The Kier molecular flexibility index (Phi) is 2.93.